The summed E-state index contributed by atoms with van der Waals surface area (Å²) in [5, 5.41) is 21.0. The van der Waals surface area contributed by atoms with Gasteiger partial charge in [0.15, 0.2) is 17.3 Å². The van der Waals surface area contributed by atoms with Crippen LogP contribution in [0.2, 0.25) is 0 Å². The van der Waals surface area contributed by atoms with Crippen LogP contribution in [0, 0.1) is 12.8 Å². The lowest BCUT2D eigenvalue weighted by atomic mass is 9.98. The van der Waals surface area contributed by atoms with E-state index in [0.29, 0.717) is 36.2 Å². The zero-order valence-corrected chi connectivity index (χ0v) is 11.6. The third kappa shape index (κ3) is 2.83. The number of hydrogen-bond acceptors (Lipinski definition) is 7. The molecule has 1 aliphatic rings. The van der Waals surface area contributed by atoms with Crippen LogP contribution in [0.15, 0.2) is 16.7 Å². The van der Waals surface area contributed by atoms with Gasteiger partial charge in [0.05, 0.1) is 5.92 Å². The number of nitrogens with zero attached hydrogens (tertiary/aromatic N) is 5. The molecule has 1 saturated heterocycles. The molecule has 0 aromatic carbocycles. The molecule has 21 heavy (non-hydrogen) atoms. The van der Waals surface area contributed by atoms with Gasteiger partial charge in [0, 0.05) is 13.1 Å². The van der Waals surface area contributed by atoms with Crippen LogP contribution in [0.25, 0.3) is 11.6 Å². The molecule has 1 fully saturated rings. The maximum absolute atomic E-state index is 11.1. The molecule has 110 valence electrons. The molecule has 1 N–H and O–H groups in total. The van der Waals surface area contributed by atoms with Gasteiger partial charge in [-0.2, -0.15) is 4.98 Å². The van der Waals surface area contributed by atoms with Gasteiger partial charge in [0.1, 0.15) is 0 Å². The molecule has 1 unspecified atom stereocenters. The summed E-state index contributed by atoms with van der Waals surface area (Å²) >= 11 is 0. The van der Waals surface area contributed by atoms with Gasteiger partial charge in [0.25, 0.3) is 5.89 Å². The number of aromatic nitrogens is 4. The summed E-state index contributed by atoms with van der Waals surface area (Å²) in [7, 11) is 0. The maximum Gasteiger partial charge on any atom is 0.308 e. The van der Waals surface area contributed by atoms with Crippen molar-refractivity contribution in [2.75, 3.05) is 18.0 Å². The van der Waals surface area contributed by atoms with Crippen LogP contribution in [0.1, 0.15) is 18.7 Å². The minimum atomic E-state index is -0.759. The lowest BCUT2D eigenvalue weighted by Crippen LogP contribution is -2.39. The van der Waals surface area contributed by atoms with E-state index in [1.54, 1.807) is 19.1 Å². The maximum atomic E-state index is 11.1. The van der Waals surface area contributed by atoms with E-state index < -0.39 is 5.97 Å². The largest absolute Gasteiger partial charge is 0.481 e. The Bertz CT molecular complexity index is 640. The Labute approximate surface area is 120 Å². The summed E-state index contributed by atoms with van der Waals surface area (Å²) in [6.07, 6.45) is 1.54. The summed E-state index contributed by atoms with van der Waals surface area (Å²) in [4.78, 5) is 17.1. The molecule has 3 heterocycles. The van der Waals surface area contributed by atoms with E-state index in [2.05, 4.69) is 20.3 Å². The molecule has 0 bridgehead atoms. The second-order valence-electron chi connectivity index (χ2n) is 5.05. The second kappa shape index (κ2) is 5.47. The number of carboxylic acid groups (broad SMARTS) is 1. The van der Waals surface area contributed by atoms with E-state index in [1.165, 1.54) is 0 Å². The van der Waals surface area contributed by atoms with Crippen LogP contribution in [-0.2, 0) is 4.79 Å². The SMILES string of the molecule is Cc1noc(-c2ccc(N3CCCC(C(=O)O)C3)nn2)n1. The highest BCUT2D eigenvalue weighted by Crippen LogP contribution is 2.22. The van der Waals surface area contributed by atoms with Gasteiger partial charge < -0.3 is 14.5 Å². The second-order valence-corrected chi connectivity index (χ2v) is 5.05. The summed E-state index contributed by atoms with van der Waals surface area (Å²) < 4.78 is 5.03. The number of hydrogen-bond donors (Lipinski definition) is 1. The summed E-state index contributed by atoms with van der Waals surface area (Å²) in [5.41, 5.74) is 0.506. The molecular weight excluding hydrogens is 274 g/mol. The molecule has 2 aromatic rings. The van der Waals surface area contributed by atoms with Crippen molar-refractivity contribution in [1.82, 2.24) is 20.3 Å². The first-order valence-electron chi connectivity index (χ1n) is 6.75. The van der Waals surface area contributed by atoms with Crippen LogP contribution >= 0.6 is 0 Å². The van der Waals surface area contributed by atoms with E-state index in [1.807, 2.05) is 4.90 Å². The zero-order valence-electron chi connectivity index (χ0n) is 11.6. The number of anilines is 1. The first kappa shape index (κ1) is 13.5. The molecule has 0 aliphatic carbocycles. The van der Waals surface area contributed by atoms with Crippen LogP contribution in [0.5, 0.6) is 0 Å². The predicted octanol–water partition coefficient (Wildman–Crippen LogP) is 1.14. The number of piperidine rings is 1. The van der Waals surface area contributed by atoms with Crippen molar-refractivity contribution >= 4 is 11.8 Å². The van der Waals surface area contributed by atoms with Crippen molar-refractivity contribution in [3.63, 3.8) is 0 Å². The molecular formula is C13H15N5O3. The Kier molecular flexibility index (Phi) is 3.51. The number of carbonyl (C=O) groups is 1. The molecule has 1 atom stereocenters. The molecule has 8 heteroatoms. The van der Waals surface area contributed by atoms with Gasteiger partial charge in [-0.15, -0.1) is 10.2 Å². The lowest BCUT2D eigenvalue weighted by molar-refractivity contribution is -0.141. The first-order valence-corrected chi connectivity index (χ1v) is 6.75. The Balaban J connectivity index is 1.76. The standard InChI is InChI=1S/C13H15N5O3/c1-8-14-12(21-17-8)10-4-5-11(16-15-10)18-6-2-3-9(7-18)13(19)20/h4-5,9H,2-3,6-7H2,1H3,(H,19,20). The Morgan fingerprint density at radius 1 is 1.43 bits per heavy atom. The van der Waals surface area contributed by atoms with Gasteiger partial charge >= 0.3 is 5.97 Å². The molecule has 0 radical (unpaired) electrons. The third-order valence-electron chi connectivity index (χ3n) is 3.49. The lowest BCUT2D eigenvalue weighted by Gasteiger charge is -2.31. The van der Waals surface area contributed by atoms with Crippen LogP contribution in [-0.4, -0.2) is 44.5 Å². The van der Waals surface area contributed by atoms with E-state index in [0.717, 1.165) is 13.0 Å². The first-order chi connectivity index (χ1) is 10.1. The number of aryl methyl sites for hydroxylation is 1. The fourth-order valence-electron chi connectivity index (χ4n) is 2.40. The predicted molar refractivity (Wildman–Crippen MR) is 72.6 cm³/mol. The highest BCUT2D eigenvalue weighted by molar-refractivity contribution is 5.71. The van der Waals surface area contributed by atoms with E-state index in [9.17, 15) is 4.79 Å². The third-order valence-corrected chi connectivity index (χ3v) is 3.49. The normalized spacial score (nSPS) is 18.7. The highest BCUT2D eigenvalue weighted by Gasteiger charge is 2.26. The average molecular weight is 289 g/mol. The molecule has 0 amide bonds. The summed E-state index contributed by atoms with van der Waals surface area (Å²) in [5.74, 6) is 0.426. The molecule has 0 saturated carbocycles. The Morgan fingerprint density at radius 2 is 2.29 bits per heavy atom. The fourth-order valence-corrected chi connectivity index (χ4v) is 2.40. The van der Waals surface area contributed by atoms with E-state index in [-0.39, 0.29) is 5.92 Å². The molecule has 2 aromatic heterocycles. The highest BCUT2D eigenvalue weighted by atomic mass is 16.5. The van der Waals surface area contributed by atoms with Crippen molar-refractivity contribution in [1.29, 1.82) is 0 Å². The van der Waals surface area contributed by atoms with Crippen molar-refractivity contribution < 1.29 is 14.4 Å². The quantitative estimate of drug-likeness (QED) is 0.896. The van der Waals surface area contributed by atoms with E-state index in [4.69, 9.17) is 9.63 Å². The Hall–Kier alpha value is -2.51. The topological polar surface area (TPSA) is 105 Å². The number of carboxylic acids is 1. The van der Waals surface area contributed by atoms with Crippen molar-refractivity contribution in [2.45, 2.75) is 19.8 Å². The Morgan fingerprint density at radius 3 is 2.90 bits per heavy atom. The van der Waals surface area contributed by atoms with Crippen molar-refractivity contribution in [3.05, 3.63) is 18.0 Å². The minimum Gasteiger partial charge on any atom is -0.481 e. The van der Waals surface area contributed by atoms with Crippen molar-refractivity contribution in [3.8, 4) is 11.6 Å². The zero-order chi connectivity index (χ0) is 14.8. The van der Waals surface area contributed by atoms with Gasteiger partial charge in [-0.1, -0.05) is 5.16 Å². The molecule has 8 nitrogen and oxygen atoms in total. The van der Waals surface area contributed by atoms with Crippen LogP contribution in [0.4, 0.5) is 5.82 Å². The fraction of sp³-hybridized carbons (Fsp3) is 0.462. The average Bonchev–Trinajstić information content (AvgIpc) is 2.94. The monoisotopic (exact) mass is 289 g/mol. The van der Waals surface area contributed by atoms with Gasteiger partial charge in [0.2, 0.25) is 0 Å². The minimum absolute atomic E-state index is 0.327. The van der Waals surface area contributed by atoms with Gasteiger partial charge in [-0.25, -0.2) is 0 Å². The van der Waals surface area contributed by atoms with Gasteiger partial charge in [-0.3, -0.25) is 4.79 Å². The summed E-state index contributed by atoms with van der Waals surface area (Å²) in [6, 6.07) is 3.55. The summed E-state index contributed by atoms with van der Waals surface area (Å²) in [6.45, 7) is 2.98. The van der Waals surface area contributed by atoms with Crippen LogP contribution < -0.4 is 4.90 Å². The molecule has 0 spiro atoms. The van der Waals surface area contributed by atoms with Crippen molar-refractivity contribution in [2.24, 2.45) is 5.92 Å². The smallest absolute Gasteiger partial charge is 0.308 e. The van der Waals surface area contributed by atoms with E-state index >= 15 is 0 Å². The number of aliphatic carboxylic acids is 1. The molecule has 3 rings (SSSR count). The van der Waals surface area contributed by atoms with Crippen LogP contribution in [0.3, 0.4) is 0 Å². The van der Waals surface area contributed by atoms with Gasteiger partial charge in [-0.05, 0) is 31.9 Å². The number of rotatable bonds is 3. The molecule has 1 aliphatic heterocycles.